The number of ether oxygens (including phenoxy) is 1. The summed E-state index contributed by atoms with van der Waals surface area (Å²) >= 11 is 0. The van der Waals surface area contributed by atoms with E-state index in [1.165, 1.54) is 19.3 Å². The van der Waals surface area contributed by atoms with Gasteiger partial charge in [-0.3, -0.25) is 4.79 Å². The van der Waals surface area contributed by atoms with E-state index in [1.54, 1.807) is 30.5 Å². The van der Waals surface area contributed by atoms with Crippen molar-refractivity contribution in [3.8, 4) is 0 Å². The number of amides is 1. The standard InChI is InChI=1S/C17H24N4O3/c1-23-10-8-20-12-16(18-19-20)17(22)21(11-14-7-9-24-13-14)15-5-3-2-4-6-15/h7,9,12-13,15H,2-6,8,10-11H2,1H3. The van der Waals surface area contributed by atoms with Crippen LogP contribution in [0.2, 0.25) is 0 Å². The Balaban J connectivity index is 1.75. The Morgan fingerprint density at radius 3 is 2.96 bits per heavy atom. The van der Waals surface area contributed by atoms with Crippen LogP contribution in [-0.2, 0) is 17.8 Å². The highest BCUT2D eigenvalue weighted by molar-refractivity contribution is 5.92. The molecule has 130 valence electrons. The van der Waals surface area contributed by atoms with Crippen LogP contribution < -0.4 is 0 Å². The van der Waals surface area contributed by atoms with E-state index in [0.29, 0.717) is 25.4 Å². The highest BCUT2D eigenvalue weighted by Crippen LogP contribution is 2.25. The van der Waals surface area contributed by atoms with E-state index in [-0.39, 0.29) is 11.9 Å². The van der Waals surface area contributed by atoms with E-state index >= 15 is 0 Å². The first-order valence-corrected chi connectivity index (χ1v) is 8.49. The van der Waals surface area contributed by atoms with Crippen molar-refractivity contribution in [2.75, 3.05) is 13.7 Å². The van der Waals surface area contributed by atoms with Crippen LogP contribution in [0.25, 0.3) is 0 Å². The van der Waals surface area contributed by atoms with Crippen molar-refractivity contribution < 1.29 is 13.9 Å². The van der Waals surface area contributed by atoms with Gasteiger partial charge in [0, 0.05) is 25.3 Å². The van der Waals surface area contributed by atoms with Crippen molar-refractivity contribution in [3.05, 3.63) is 36.0 Å². The lowest BCUT2D eigenvalue weighted by atomic mass is 9.93. The molecule has 0 aromatic carbocycles. The van der Waals surface area contributed by atoms with Crippen molar-refractivity contribution in [1.82, 2.24) is 19.9 Å². The summed E-state index contributed by atoms with van der Waals surface area (Å²) in [4.78, 5) is 14.9. The molecule has 0 saturated heterocycles. The van der Waals surface area contributed by atoms with Crippen LogP contribution in [0.3, 0.4) is 0 Å². The van der Waals surface area contributed by atoms with Crippen LogP contribution in [0.5, 0.6) is 0 Å². The lowest BCUT2D eigenvalue weighted by Gasteiger charge is -2.33. The Bertz CT molecular complexity index is 632. The maximum atomic E-state index is 13.0. The smallest absolute Gasteiger partial charge is 0.276 e. The van der Waals surface area contributed by atoms with Gasteiger partial charge in [0.1, 0.15) is 0 Å². The van der Waals surface area contributed by atoms with Crippen molar-refractivity contribution in [2.45, 2.75) is 51.2 Å². The Labute approximate surface area is 141 Å². The van der Waals surface area contributed by atoms with Crippen LogP contribution >= 0.6 is 0 Å². The minimum atomic E-state index is -0.0632. The number of rotatable bonds is 7. The molecule has 24 heavy (non-hydrogen) atoms. The summed E-state index contributed by atoms with van der Waals surface area (Å²) < 4.78 is 11.8. The molecule has 7 nitrogen and oxygen atoms in total. The Morgan fingerprint density at radius 2 is 2.25 bits per heavy atom. The average Bonchev–Trinajstić information content (AvgIpc) is 3.30. The molecule has 2 aromatic heterocycles. The molecule has 7 heteroatoms. The number of hydrogen-bond acceptors (Lipinski definition) is 5. The molecule has 2 heterocycles. The van der Waals surface area contributed by atoms with Gasteiger partial charge in [-0.2, -0.15) is 0 Å². The van der Waals surface area contributed by atoms with Gasteiger partial charge in [0.25, 0.3) is 5.91 Å². The number of aromatic nitrogens is 3. The zero-order chi connectivity index (χ0) is 16.8. The molecule has 1 aliphatic carbocycles. The van der Waals surface area contributed by atoms with Gasteiger partial charge in [0.15, 0.2) is 5.69 Å². The molecule has 0 aliphatic heterocycles. The SMILES string of the molecule is COCCn1cc(C(=O)N(Cc2ccoc2)C2CCCCC2)nn1. The van der Waals surface area contributed by atoms with Crippen molar-refractivity contribution in [1.29, 1.82) is 0 Å². The number of methoxy groups -OCH3 is 1. The monoisotopic (exact) mass is 332 g/mol. The summed E-state index contributed by atoms with van der Waals surface area (Å²) in [6.45, 7) is 1.67. The molecule has 0 spiro atoms. The van der Waals surface area contributed by atoms with E-state index in [4.69, 9.17) is 9.15 Å². The number of furan rings is 1. The lowest BCUT2D eigenvalue weighted by Crippen LogP contribution is -2.41. The topological polar surface area (TPSA) is 73.4 Å². The first kappa shape index (κ1) is 16.7. The maximum Gasteiger partial charge on any atom is 0.276 e. The van der Waals surface area contributed by atoms with Gasteiger partial charge in [-0.25, -0.2) is 4.68 Å². The third kappa shape index (κ3) is 4.03. The predicted molar refractivity (Wildman–Crippen MR) is 87.4 cm³/mol. The summed E-state index contributed by atoms with van der Waals surface area (Å²) in [5.41, 5.74) is 1.39. The summed E-state index contributed by atoms with van der Waals surface area (Å²) in [7, 11) is 1.64. The highest BCUT2D eigenvalue weighted by atomic mass is 16.5. The Morgan fingerprint density at radius 1 is 1.42 bits per heavy atom. The first-order chi connectivity index (χ1) is 11.8. The molecular formula is C17H24N4O3. The molecule has 1 aliphatic rings. The van der Waals surface area contributed by atoms with E-state index in [9.17, 15) is 4.79 Å². The molecule has 1 saturated carbocycles. The van der Waals surface area contributed by atoms with Gasteiger partial charge < -0.3 is 14.1 Å². The van der Waals surface area contributed by atoms with E-state index in [1.807, 2.05) is 11.0 Å². The van der Waals surface area contributed by atoms with Crippen molar-refractivity contribution in [3.63, 3.8) is 0 Å². The second-order valence-electron chi connectivity index (χ2n) is 6.22. The Hall–Kier alpha value is -2.15. The van der Waals surface area contributed by atoms with Gasteiger partial charge >= 0.3 is 0 Å². The fraction of sp³-hybridized carbons (Fsp3) is 0.588. The second kappa shape index (κ2) is 8.10. The third-order valence-corrected chi connectivity index (χ3v) is 4.49. The van der Waals surface area contributed by atoms with E-state index in [0.717, 1.165) is 18.4 Å². The fourth-order valence-corrected chi connectivity index (χ4v) is 3.18. The third-order valence-electron chi connectivity index (χ3n) is 4.49. The molecule has 0 N–H and O–H groups in total. The number of hydrogen-bond donors (Lipinski definition) is 0. The molecule has 1 amide bonds. The van der Waals surface area contributed by atoms with Gasteiger partial charge in [-0.15, -0.1) is 5.10 Å². The highest BCUT2D eigenvalue weighted by Gasteiger charge is 2.28. The van der Waals surface area contributed by atoms with E-state index in [2.05, 4.69) is 10.3 Å². The summed E-state index contributed by atoms with van der Waals surface area (Å²) in [5, 5.41) is 8.08. The second-order valence-corrected chi connectivity index (χ2v) is 6.22. The quantitative estimate of drug-likeness (QED) is 0.779. The van der Waals surface area contributed by atoms with Gasteiger partial charge in [0.2, 0.25) is 0 Å². The molecule has 0 bridgehead atoms. The first-order valence-electron chi connectivity index (χ1n) is 8.49. The summed E-state index contributed by atoms with van der Waals surface area (Å²) in [6.07, 6.45) is 10.7. The fourth-order valence-electron chi connectivity index (χ4n) is 3.18. The molecule has 0 unspecified atom stereocenters. The molecule has 2 aromatic rings. The molecule has 1 fully saturated rings. The minimum absolute atomic E-state index is 0.0632. The van der Waals surface area contributed by atoms with Crippen LogP contribution in [0, 0.1) is 0 Å². The molecule has 0 atom stereocenters. The lowest BCUT2D eigenvalue weighted by molar-refractivity contribution is 0.0607. The normalized spacial score (nSPS) is 15.5. The number of carbonyl (C=O) groups is 1. The molecule has 0 radical (unpaired) electrons. The number of nitrogens with zero attached hydrogens (tertiary/aromatic N) is 4. The van der Waals surface area contributed by atoms with Crippen LogP contribution in [-0.4, -0.2) is 45.6 Å². The van der Waals surface area contributed by atoms with E-state index < -0.39 is 0 Å². The van der Waals surface area contributed by atoms with Crippen LogP contribution in [0.15, 0.2) is 29.2 Å². The van der Waals surface area contributed by atoms with Crippen molar-refractivity contribution in [2.24, 2.45) is 0 Å². The largest absolute Gasteiger partial charge is 0.472 e. The van der Waals surface area contributed by atoms with Crippen molar-refractivity contribution >= 4 is 5.91 Å². The van der Waals surface area contributed by atoms with Crippen LogP contribution in [0.1, 0.15) is 48.2 Å². The minimum Gasteiger partial charge on any atom is -0.472 e. The van der Waals surface area contributed by atoms with Gasteiger partial charge in [0.05, 0.1) is 31.9 Å². The Kier molecular flexibility index (Phi) is 5.63. The zero-order valence-electron chi connectivity index (χ0n) is 14.1. The molecule has 3 rings (SSSR count). The van der Waals surface area contributed by atoms with Crippen LogP contribution in [0.4, 0.5) is 0 Å². The zero-order valence-corrected chi connectivity index (χ0v) is 14.1. The van der Waals surface area contributed by atoms with Gasteiger partial charge in [-0.1, -0.05) is 24.5 Å². The summed E-state index contributed by atoms with van der Waals surface area (Å²) in [5.74, 6) is -0.0632. The predicted octanol–water partition coefficient (Wildman–Crippen LogP) is 2.49. The average molecular weight is 332 g/mol. The molecular weight excluding hydrogens is 308 g/mol. The van der Waals surface area contributed by atoms with Gasteiger partial charge in [-0.05, 0) is 18.9 Å². The summed E-state index contributed by atoms with van der Waals surface area (Å²) in [6, 6.07) is 2.16. The number of carbonyl (C=O) groups excluding carboxylic acids is 1. The maximum absolute atomic E-state index is 13.0.